The molecule has 20 heavy (non-hydrogen) atoms. The van der Waals surface area contributed by atoms with Crippen LogP contribution in [0, 0.1) is 0 Å². The summed E-state index contributed by atoms with van der Waals surface area (Å²) in [5.41, 5.74) is 0.789. The standard InChI is InChI=1S/C15H22N4O/c1-12(2)16-9-14-10-19(18-17-14)11-15(3,20)13-7-5-4-6-8-13/h4-8,10,12,16,20H,9,11H2,1-3H3. The van der Waals surface area contributed by atoms with E-state index in [-0.39, 0.29) is 0 Å². The van der Waals surface area contributed by atoms with Gasteiger partial charge < -0.3 is 10.4 Å². The molecule has 1 unspecified atom stereocenters. The molecule has 0 aliphatic rings. The van der Waals surface area contributed by atoms with Gasteiger partial charge in [0.15, 0.2) is 0 Å². The molecule has 1 heterocycles. The van der Waals surface area contributed by atoms with E-state index >= 15 is 0 Å². The minimum Gasteiger partial charge on any atom is -0.384 e. The lowest BCUT2D eigenvalue weighted by molar-refractivity contribution is 0.0341. The molecule has 1 aromatic heterocycles. The van der Waals surface area contributed by atoms with Crippen molar-refractivity contribution in [3.63, 3.8) is 0 Å². The molecule has 5 nitrogen and oxygen atoms in total. The van der Waals surface area contributed by atoms with Crippen molar-refractivity contribution in [3.05, 3.63) is 47.8 Å². The van der Waals surface area contributed by atoms with Crippen molar-refractivity contribution >= 4 is 0 Å². The Balaban J connectivity index is 2.03. The molecule has 1 aromatic carbocycles. The third-order valence-electron chi connectivity index (χ3n) is 3.14. The molecule has 0 saturated carbocycles. The molecule has 0 radical (unpaired) electrons. The lowest BCUT2D eigenvalue weighted by atomic mass is 9.96. The van der Waals surface area contributed by atoms with Crippen molar-refractivity contribution < 1.29 is 5.11 Å². The quantitative estimate of drug-likeness (QED) is 0.841. The van der Waals surface area contributed by atoms with Gasteiger partial charge in [0.2, 0.25) is 0 Å². The van der Waals surface area contributed by atoms with Crippen LogP contribution in [0.1, 0.15) is 32.0 Å². The average Bonchev–Trinajstić information content (AvgIpc) is 2.84. The summed E-state index contributed by atoms with van der Waals surface area (Å²) in [7, 11) is 0. The highest BCUT2D eigenvalue weighted by atomic mass is 16.3. The summed E-state index contributed by atoms with van der Waals surface area (Å²) < 4.78 is 1.68. The lowest BCUT2D eigenvalue weighted by Gasteiger charge is -2.23. The van der Waals surface area contributed by atoms with Crippen molar-refractivity contribution in [2.24, 2.45) is 0 Å². The molecule has 0 bridgehead atoms. The number of aliphatic hydroxyl groups is 1. The van der Waals surface area contributed by atoms with Crippen LogP contribution in [0.3, 0.4) is 0 Å². The maximum Gasteiger partial charge on any atom is 0.106 e. The Kier molecular flexibility index (Phi) is 4.52. The summed E-state index contributed by atoms with van der Waals surface area (Å²) in [6.07, 6.45) is 1.87. The predicted molar refractivity (Wildman–Crippen MR) is 78.0 cm³/mol. The van der Waals surface area contributed by atoms with Gasteiger partial charge in [0.05, 0.1) is 12.2 Å². The van der Waals surface area contributed by atoms with Crippen LogP contribution in [-0.4, -0.2) is 26.1 Å². The van der Waals surface area contributed by atoms with E-state index in [1.165, 1.54) is 0 Å². The number of rotatable bonds is 6. The van der Waals surface area contributed by atoms with E-state index in [4.69, 9.17) is 0 Å². The zero-order valence-electron chi connectivity index (χ0n) is 12.2. The summed E-state index contributed by atoms with van der Waals surface area (Å²) >= 11 is 0. The van der Waals surface area contributed by atoms with Gasteiger partial charge in [0.1, 0.15) is 5.60 Å². The Bertz CT molecular complexity index is 534. The third-order valence-corrected chi connectivity index (χ3v) is 3.14. The van der Waals surface area contributed by atoms with Crippen LogP contribution >= 0.6 is 0 Å². The highest BCUT2D eigenvalue weighted by Crippen LogP contribution is 2.21. The molecule has 5 heteroatoms. The van der Waals surface area contributed by atoms with Gasteiger partial charge in [-0.05, 0) is 12.5 Å². The SMILES string of the molecule is CC(C)NCc1cn(CC(C)(O)c2ccccc2)nn1. The van der Waals surface area contributed by atoms with Gasteiger partial charge in [0.25, 0.3) is 0 Å². The van der Waals surface area contributed by atoms with Crippen molar-refractivity contribution in [1.82, 2.24) is 20.3 Å². The van der Waals surface area contributed by atoms with Gasteiger partial charge in [-0.15, -0.1) is 5.10 Å². The molecule has 0 spiro atoms. The second kappa shape index (κ2) is 6.15. The van der Waals surface area contributed by atoms with E-state index in [9.17, 15) is 5.11 Å². The van der Waals surface area contributed by atoms with Gasteiger partial charge in [0, 0.05) is 18.8 Å². The van der Waals surface area contributed by atoms with Crippen LogP contribution in [0.25, 0.3) is 0 Å². The van der Waals surface area contributed by atoms with Crippen LogP contribution in [0.2, 0.25) is 0 Å². The summed E-state index contributed by atoms with van der Waals surface area (Å²) in [5.74, 6) is 0. The van der Waals surface area contributed by atoms with Gasteiger partial charge >= 0.3 is 0 Å². The van der Waals surface area contributed by atoms with Crippen LogP contribution in [0.15, 0.2) is 36.5 Å². The van der Waals surface area contributed by atoms with Gasteiger partial charge in [-0.2, -0.15) is 0 Å². The van der Waals surface area contributed by atoms with Gasteiger partial charge in [-0.3, -0.25) is 0 Å². The zero-order chi connectivity index (χ0) is 14.6. The number of benzene rings is 1. The van der Waals surface area contributed by atoms with E-state index in [0.29, 0.717) is 19.1 Å². The molecule has 0 aliphatic heterocycles. The van der Waals surface area contributed by atoms with Crippen molar-refractivity contribution in [2.45, 2.75) is 45.5 Å². The summed E-state index contributed by atoms with van der Waals surface area (Å²) in [5, 5.41) is 22.0. The molecule has 0 amide bonds. The first-order chi connectivity index (χ1) is 9.47. The van der Waals surface area contributed by atoms with E-state index in [1.807, 2.05) is 36.5 Å². The predicted octanol–water partition coefficient (Wildman–Crippen LogP) is 1.68. The van der Waals surface area contributed by atoms with Crippen LogP contribution < -0.4 is 5.32 Å². The summed E-state index contributed by atoms with van der Waals surface area (Å²) in [6, 6.07) is 10.0. The summed E-state index contributed by atoms with van der Waals surface area (Å²) in [6.45, 7) is 7.03. The molecule has 1 atom stereocenters. The fraction of sp³-hybridized carbons (Fsp3) is 0.467. The van der Waals surface area contributed by atoms with Crippen LogP contribution in [0.4, 0.5) is 0 Å². The minimum atomic E-state index is -0.961. The fourth-order valence-corrected chi connectivity index (χ4v) is 2.01. The molecular formula is C15H22N4O. The zero-order valence-corrected chi connectivity index (χ0v) is 12.2. The highest BCUT2D eigenvalue weighted by Gasteiger charge is 2.24. The Labute approximate surface area is 119 Å². The molecule has 108 valence electrons. The summed E-state index contributed by atoms with van der Waals surface area (Å²) in [4.78, 5) is 0. The molecular weight excluding hydrogens is 252 g/mol. The lowest BCUT2D eigenvalue weighted by Crippen LogP contribution is -2.28. The number of nitrogens with one attached hydrogen (secondary N) is 1. The molecule has 2 N–H and O–H groups in total. The highest BCUT2D eigenvalue weighted by molar-refractivity contribution is 5.21. The maximum absolute atomic E-state index is 10.6. The Morgan fingerprint density at radius 1 is 1.30 bits per heavy atom. The Morgan fingerprint density at radius 2 is 2.00 bits per heavy atom. The normalized spacial score (nSPS) is 14.4. The second-order valence-corrected chi connectivity index (χ2v) is 5.58. The first kappa shape index (κ1) is 14.7. The molecule has 0 aliphatic carbocycles. The monoisotopic (exact) mass is 274 g/mol. The van der Waals surface area contributed by atoms with Gasteiger partial charge in [-0.1, -0.05) is 49.4 Å². The number of aromatic nitrogens is 3. The first-order valence-electron chi connectivity index (χ1n) is 6.88. The number of nitrogens with zero attached hydrogens (tertiary/aromatic N) is 3. The Hall–Kier alpha value is -1.72. The van der Waals surface area contributed by atoms with E-state index in [2.05, 4.69) is 29.5 Å². The van der Waals surface area contributed by atoms with E-state index in [1.54, 1.807) is 11.6 Å². The maximum atomic E-state index is 10.6. The molecule has 0 fully saturated rings. The van der Waals surface area contributed by atoms with E-state index < -0.39 is 5.60 Å². The smallest absolute Gasteiger partial charge is 0.106 e. The number of hydrogen-bond acceptors (Lipinski definition) is 4. The van der Waals surface area contributed by atoms with Crippen molar-refractivity contribution in [3.8, 4) is 0 Å². The topological polar surface area (TPSA) is 63.0 Å². The fourth-order valence-electron chi connectivity index (χ4n) is 2.01. The van der Waals surface area contributed by atoms with E-state index in [0.717, 1.165) is 11.3 Å². The molecule has 2 aromatic rings. The minimum absolute atomic E-state index is 0.381. The number of hydrogen-bond donors (Lipinski definition) is 2. The van der Waals surface area contributed by atoms with Gasteiger partial charge in [-0.25, -0.2) is 4.68 Å². The average molecular weight is 274 g/mol. The molecule has 2 rings (SSSR count). The largest absolute Gasteiger partial charge is 0.384 e. The van der Waals surface area contributed by atoms with Crippen molar-refractivity contribution in [1.29, 1.82) is 0 Å². The second-order valence-electron chi connectivity index (χ2n) is 5.58. The molecule has 0 saturated heterocycles. The van der Waals surface area contributed by atoms with Crippen LogP contribution in [0.5, 0.6) is 0 Å². The van der Waals surface area contributed by atoms with Crippen molar-refractivity contribution in [2.75, 3.05) is 0 Å². The third kappa shape index (κ3) is 3.88. The first-order valence-corrected chi connectivity index (χ1v) is 6.88. The Morgan fingerprint density at radius 3 is 2.65 bits per heavy atom. The van der Waals surface area contributed by atoms with Crippen LogP contribution in [-0.2, 0) is 18.7 Å².